The maximum absolute atomic E-state index is 14.9. The highest BCUT2D eigenvalue weighted by atomic mass is 19.2. The first-order valence-corrected chi connectivity index (χ1v) is 10.2. The molecule has 0 N–H and O–H groups in total. The van der Waals surface area contributed by atoms with Gasteiger partial charge in [-0.15, -0.1) is 0 Å². The second-order valence-corrected chi connectivity index (χ2v) is 8.00. The van der Waals surface area contributed by atoms with Crippen LogP contribution in [-0.4, -0.2) is 0 Å². The molecule has 38 heavy (non-hydrogen) atoms. The minimum absolute atomic E-state index is 0.236. The fourth-order valence-electron chi connectivity index (χ4n) is 4.36. The quantitative estimate of drug-likeness (QED) is 0.0898. The zero-order valence-electron chi connectivity index (χ0n) is 18.0. The van der Waals surface area contributed by atoms with Crippen molar-refractivity contribution in [2.45, 2.75) is 0 Å². The van der Waals surface area contributed by atoms with E-state index in [1.807, 2.05) is 0 Å². The van der Waals surface area contributed by atoms with E-state index in [2.05, 4.69) is 0 Å². The Morgan fingerprint density at radius 1 is 0.289 bits per heavy atom. The Morgan fingerprint density at radius 3 is 0.842 bits per heavy atom. The Kier molecular flexibility index (Phi) is 5.80. The Hall–Kier alpha value is -4.22. The van der Waals surface area contributed by atoms with Crippen molar-refractivity contribution in [3.8, 4) is 22.3 Å². The summed E-state index contributed by atoms with van der Waals surface area (Å²) in [5, 5.41) is -2.81. The smallest absolute Gasteiger partial charge is 0.200 e. The van der Waals surface area contributed by atoms with E-state index in [9.17, 15) is 52.7 Å². The van der Waals surface area contributed by atoms with Gasteiger partial charge in [-0.2, -0.15) is 0 Å². The van der Waals surface area contributed by atoms with E-state index >= 15 is 0 Å². The van der Waals surface area contributed by atoms with Gasteiger partial charge in [-0.05, 0) is 33.7 Å². The molecule has 5 aromatic carbocycles. The molecule has 0 spiro atoms. The predicted molar refractivity (Wildman–Crippen MR) is 112 cm³/mol. The zero-order valence-corrected chi connectivity index (χ0v) is 18.0. The molecule has 0 amide bonds. The molecule has 0 atom stereocenters. The van der Waals surface area contributed by atoms with E-state index in [0.717, 1.165) is 24.3 Å². The number of halogens is 12. The van der Waals surface area contributed by atoms with Crippen LogP contribution in [0.25, 0.3) is 43.8 Å². The third kappa shape index (κ3) is 3.35. The van der Waals surface area contributed by atoms with Crippen LogP contribution in [0, 0.1) is 69.8 Å². The second kappa shape index (κ2) is 8.67. The van der Waals surface area contributed by atoms with Crippen LogP contribution in [-0.2, 0) is 0 Å². The Labute approximate surface area is 203 Å². The maximum atomic E-state index is 14.9. The Bertz CT molecular complexity index is 1650. The van der Waals surface area contributed by atoms with Gasteiger partial charge in [0.25, 0.3) is 0 Å². The lowest BCUT2D eigenvalue weighted by Gasteiger charge is -2.20. The minimum atomic E-state index is -2.52. The first kappa shape index (κ1) is 25.4. The fourth-order valence-corrected chi connectivity index (χ4v) is 4.36. The van der Waals surface area contributed by atoms with Gasteiger partial charge in [0.1, 0.15) is 0 Å². The van der Waals surface area contributed by atoms with Crippen LogP contribution in [0.1, 0.15) is 0 Å². The molecule has 5 rings (SSSR count). The minimum Gasteiger partial charge on any atom is -0.204 e. The summed E-state index contributed by atoms with van der Waals surface area (Å²) < 4.78 is 172. The Balaban J connectivity index is 2.13. The summed E-state index contributed by atoms with van der Waals surface area (Å²) in [6.45, 7) is 0. The number of fused-ring (bicyclic) bond motifs is 2. The van der Waals surface area contributed by atoms with Crippen molar-refractivity contribution in [2.24, 2.45) is 0 Å². The number of hydrogen-bond donors (Lipinski definition) is 0. The highest BCUT2D eigenvalue weighted by molar-refractivity contribution is 6.21. The molecule has 5 aromatic rings. The molecule has 0 unspecified atom stereocenters. The summed E-state index contributed by atoms with van der Waals surface area (Å²) in [6, 6.07) is 4.68. The lowest BCUT2D eigenvalue weighted by atomic mass is 9.85. The van der Waals surface area contributed by atoms with E-state index in [1.54, 1.807) is 0 Å². The average Bonchev–Trinajstić information content (AvgIpc) is 2.90. The van der Waals surface area contributed by atoms with E-state index < -0.39 is 114 Å². The first-order valence-electron chi connectivity index (χ1n) is 10.2. The maximum Gasteiger partial charge on any atom is 0.200 e. The van der Waals surface area contributed by atoms with Crippen LogP contribution in [0.5, 0.6) is 0 Å². The van der Waals surface area contributed by atoms with Crippen LogP contribution in [0.3, 0.4) is 0 Å². The van der Waals surface area contributed by atoms with Gasteiger partial charge in [-0.3, -0.25) is 0 Å². The van der Waals surface area contributed by atoms with Crippen LogP contribution >= 0.6 is 0 Å². The topological polar surface area (TPSA) is 0 Å². The van der Waals surface area contributed by atoms with E-state index in [1.165, 1.54) is 0 Å². The van der Waals surface area contributed by atoms with Gasteiger partial charge in [0.2, 0.25) is 11.6 Å². The predicted octanol–water partition coefficient (Wildman–Crippen LogP) is 9.00. The van der Waals surface area contributed by atoms with Gasteiger partial charge in [0.05, 0.1) is 11.1 Å². The van der Waals surface area contributed by atoms with Crippen LogP contribution in [0.15, 0.2) is 36.4 Å². The molecular weight excluding hydrogens is 540 g/mol. The average molecular weight is 546 g/mol. The first-order chi connectivity index (χ1) is 17.9. The SMILES string of the molecule is Fc1cc2c(-c3c(F)c(F)c(F)c(F)c3F)c3ccccc3c(-c3c(F)c(F)c(F)c(F)c3F)c2cc1F. The van der Waals surface area contributed by atoms with Crippen molar-refractivity contribution in [2.75, 3.05) is 0 Å². The molecule has 0 aliphatic heterocycles. The standard InChI is InChI=1S/C26H6F12/c27-11-5-9-10(6-12(11)28)14(16-19(31)23(35)26(38)24(36)20(16)32)8-4-2-1-3-7(8)13(9)15-17(29)21(33)25(37)22(34)18(15)30/h1-6H. The van der Waals surface area contributed by atoms with Crippen LogP contribution in [0.2, 0.25) is 0 Å². The summed E-state index contributed by atoms with van der Waals surface area (Å²) in [7, 11) is 0. The largest absolute Gasteiger partial charge is 0.204 e. The third-order valence-corrected chi connectivity index (χ3v) is 5.98. The molecule has 0 bridgehead atoms. The molecule has 0 heterocycles. The summed E-state index contributed by atoms with van der Waals surface area (Å²) in [5.41, 5.74) is -5.04. The molecule has 0 nitrogen and oxygen atoms in total. The van der Waals surface area contributed by atoms with Gasteiger partial charge in [-0.25, -0.2) is 52.7 Å². The molecular formula is C26H6F12. The molecule has 0 aromatic heterocycles. The molecule has 12 heteroatoms. The van der Waals surface area contributed by atoms with Crippen molar-refractivity contribution < 1.29 is 52.7 Å². The monoisotopic (exact) mass is 546 g/mol. The highest BCUT2D eigenvalue weighted by Gasteiger charge is 2.33. The summed E-state index contributed by atoms with van der Waals surface area (Å²) in [4.78, 5) is 0. The lowest BCUT2D eigenvalue weighted by Crippen LogP contribution is -2.07. The molecule has 0 saturated heterocycles. The summed E-state index contributed by atoms with van der Waals surface area (Å²) in [6.07, 6.45) is 0. The Morgan fingerprint density at radius 2 is 0.553 bits per heavy atom. The molecule has 0 saturated carbocycles. The molecule has 0 aliphatic carbocycles. The number of hydrogen-bond acceptors (Lipinski definition) is 0. The normalized spacial score (nSPS) is 11.7. The molecule has 0 radical (unpaired) electrons. The second-order valence-electron chi connectivity index (χ2n) is 8.00. The van der Waals surface area contributed by atoms with E-state index in [-0.39, 0.29) is 12.1 Å². The van der Waals surface area contributed by atoms with Crippen molar-refractivity contribution in [1.82, 2.24) is 0 Å². The molecule has 0 aliphatic rings. The van der Waals surface area contributed by atoms with Gasteiger partial charge in [-0.1, -0.05) is 24.3 Å². The third-order valence-electron chi connectivity index (χ3n) is 5.98. The zero-order chi connectivity index (χ0) is 27.8. The highest BCUT2D eigenvalue weighted by Crippen LogP contribution is 2.47. The van der Waals surface area contributed by atoms with E-state index in [4.69, 9.17) is 0 Å². The van der Waals surface area contributed by atoms with Crippen molar-refractivity contribution in [1.29, 1.82) is 0 Å². The van der Waals surface area contributed by atoms with Crippen molar-refractivity contribution in [3.63, 3.8) is 0 Å². The van der Waals surface area contributed by atoms with Gasteiger partial charge < -0.3 is 0 Å². The van der Waals surface area contributed by atoms with Gasteiger partial charge in [0, 0.05) is 11.1 Å². The number of benzene rings is 5. The van der Waals surface area contributed by atoms with E-state index in [0.29, 0.717) is 0 Å². The number of rotatable bonds is 2. The van der Waals surface area contributed by atoms with Crippen LogP contribution in [0.4, 0.5) is 52.7 Å². The van der Waals surface area contributed by atoms with Crippen molar-refractivity contribution >= 4 is 21.5 Å². The summed E-state index contributed by atoms with van der Waals surface area (Å²) in [5.74, 6) is -27.5. The summed E-state index contributed by atoms with van der Waals surface area (Å²) >= 11 is 0. The molecule has 194 valence electrons. The lowest BCUT2D eigenvalue weighted by molar-refractivity contribution is 0.381. The fraction of sp³-hybridized carbons (Fsp3) is 0. The van der Waals surface area contributed by atoms with Crippen LogP contribution < -0.4 is 0 Å². The molecule has 0 fully saturated rings. The van der Waals surface area contributed by atoms with Gasteiger partial charge in [0.15, 0.2) is 58.2 Å². The van der Waals surface area contributed by atoms with Crippen molar-refractivity contribution in [3.05, 3.63) is 106 Å². The van der Waals surface area contributed by atoms with Gasteiger partial charge >= 0.3 is 0 Å².